The van der Waals surface area contributed by atoms with Gasteiger partial charge in [0.1, 0.15) is 0 Å². The van der Waals surface area contributed by atoms with Gasteiger partial charge in [0.2, 0.25) is 5.91 Å². The summed E-state index contributed by atoms with van der Waals surface area (Å²) in [4.78, 5) is 14.5. The van der Waals surface area contributed by atoms with Gasteiger partial charge in [0, 0.05) is 19.1 Å². The molecular formula is C15H26N2O2. The molecule has 5 unspecified atom stereocenters. The number of nitrogens with zero attached hydrogens (tertiary/aromatic N) is 1. The van der Waals surface area contributed by atoms with Crippen LogP contribution >= 0.6 is 0 Å². The normalized spacial score (nSPS) is 43.1. The summed E-state index contributed by atoms with van der Waals surface area (Å²) in [6, 6.07) is 0.617. The zero-order valence-electron chi connectivity index (χ0n) is 11.8. The fraction of sp³-hybridized carbons (Fsp3) is 0.933. The summed E-state index contributed by atoms with van der Waals surface area (Å²) in [5, 5.41) is 13.3. The Morgan fingerprint density at radius 3 is 2.79 bits per heavy atom. The molecule has 0 radical (unpaired) electrons. The monoisotopic (exact) mass is 266 g/mol. The van der Waals surface area contributed by atoms with Crippen molar-refractivity contribution in [2.75, 3.05) is 13.1 Å². The van der Waals surface area contributed by atoms with Crippen LogP contribution in [0.1, 0.15) is 45.4 Å². The van der Waals surface area contributed by atoms with Gasteiger partial charge in [-0.25, -0.2) is 0 Å². The summed E-state index contributed by atoms with van der Waals surface area (Å²) in [6.07, 6.45) is 6.69. The minimum absolute atomic E-state index is 0.0375. The summed E-state index contributed by atoms with van der Waals surface area (Å²) in [5.41, 5.74) is 0. The second kappa shape index (κ2) is 5.41. The molecule has 0 aromatic rings. The smallest absolute Gasteiger partial charge is 0.239 e. The van der Waals surface area contributed by atoms with E-state index in [0.717, 1.165) is 25.3 Å². The Morgan fingerprint density at radius 1 is 1.26 bits per heavy atom. The average molecular weight is 266 g/mol. The number of fused-ring (bicyclic) bond motifs is 1. The molecule has 0 aromatic heterocycles. The molecule has 4 heteroatoms. The first kappa shape index (κ1) is 13.4. The number of amides is 1. The zero-order valence-corrected chi connectivity index (χ0v) is 11.8. The highest BCUT2D eigenvalue weighted by Crippen LogP contribution is 2.34. The van der Waals surface area contributed by atoms with Crippen LogP contribution in [0.3, 0.4) is 0 Å². The largest absolute Gasteiger partial charge is 0.393 e. The number of hydrogen-bond acceptors (Lipinski definition) is 3. The van der Waals surface area contributed by atoms with E-state index >= 15 is 0 Å². The fourth-order valence-electron chi connectivity index (χ4n) is 4.06. The minimum Gasteiger partial charge on any atom is -0.393 e. The van der Waals surface area contributed by atoms with Crippen molar-refractivity contribution in [3.63, 3.8) is 0 Å². The number of hydrogen-bond donors (Lipinski definition) is 2. The Hall–Kier alpha value is -0.610. The van der Waals surface area contributed by atoms with Gasteiger partial charge in [-0.3, -0.25) is 4.79 Å². The van der Waals surface area contributed by atoms with Gasteiger partial charge in [0.25, 0.3) is 0 Å². The molecule has 2 N–H and O–H groups in total. The molecule has 0 spiro atoms. The van der Waals surface area contributed by atoms with Crippen LogP contribution in [0, 0.1) is 11.8 Å². The predicted molar refractivity (Wildman–Crippen MR) is 73.7 cm³/mol. The van der Waals surface area contributed by atoms with E-state index in [2.05, 4.69) is 5.32 Å². The van der Waals surface area contributed by atoms with Crippen LogP contribution in [0.4, 0.5) is 0 Å². The van der Waals surface area contributed by atoms with Gasteiger partial charge in [-0.1, -0.05) is 19.8 Å². The van der Waals surface area contributed by atoms with Crippen molar-refractivity contribution >= 4 is 5.91 Å². The van der Waals surface area contributed by atoms with E-state index in [0.29, 0.717) is 12.6 Å². The minimum atomic E-state index is -0.233. The molecule has 0 bridgehead atoms. The van der Waals surface area contributed by atoms with Crippen molar-refractivity contribution in [2.24, 2.45) is 11.8 Å². The lowest BCUT2D eigenvalue weighted by Gasteiger charge is -2.35. The molecule has 1 amide bonds. The van der Waals surface area contributed by atoms with Crippen molar-refractivity contribution in [3.8, 4) is 0 Å². The number of piperidine rings is 1. The summed E-state index contributed by atoms with van der Waals surface area (Å²) >= 11 is 0. The van der Waals surface area contributed by atoms with Crippen molar-refractivity contribution in [3.05, 3.63) is 0 Å². The second-order valence-electron chi connectivity index (χ2n) is 6.72. The molecule has 2 heterocycles. The van der Waals surface area contributed by atoms with E-state index in [1.165, 1.54) is 25.7 Å². The van der Waals surface area contributed by atoms with E-state index < -0.39 is 0 Å². The van der Waals surface area contributed by atoms with Gasteiger partial charge in [0.15, 0.2) is 0 Å². The molecule has 4 nitrogen and oxygen atoms in total. The summed E-state index contributed by atoms with van der Waals surface area (Å²) in [5.74, 6) is 1.20. The third-order valence-corrected chi connectivity index (χ3v) is 5.33. The van der Waals surface area contributed by atoms with Gasteiger partial charge in [-0.15, -0.1) is 0 Å². The van der Waals surface area contributed by atoms with Gasteiger partial charge in [-0.2, -0.15) is 0 Å². The molecule has 3 aliphatic rings. The number of likely N-dealkylation sites (tertiary alicyclic amines) is 1. The van der Waals surface area contributed by atoms with Crippen LogP contribution in [0.2, 0.25) is 0 Å². The van der Waals surface area contributed by atoms with Crippen LogP contribution in [0.25, 0.3) is 0 Å². The molecular weight excluding hydrogens is 240 g/mol. The number of carbonyl (C=O) groups is 1. The van der Waals surface area contributed by atoms with E-state index in [4.69, 9.17) is 0 Å². The first-order valence-electron chi connectivity index (χ1n) is 7.88. The zero-order chi connectivity index (χ0) is 13.4. The summed E-state index contributed by atoms with van der Waals surface area (Å²) in [7, 11) is 0. The first-order valence-corrected chi connectivity index (χ1v) is 7.88. The van der Waals surface area contributed by atoms with E-state index in [-0.39, 0.29) is 24.0 Å². The van der Waals surface area contributed by atoms with Crippen LogP contribution in [-0.4, -0.2) is 47.2 Å². The first-order chi connectivity index (χ1) is 9.15. The number of carbonyl (C=O) groups excluding carboxylic acids is 1. The maximum Gasteiger partial charge on any atom is 0.239 e. The SMILES string of the molecule is CC1CN(C(=O)C2CC3CCCCC3N2)CCC1O. The molecule has 3 rings (SSSR count). The maximum atomic E-state index is 12.6. The van der Waals surface area contributed by atoms with Crippen LogP contribution < -0.4 is 5.32 Å². The average Bonchev–Trinajstić information content (AvgIpc) is 2.85. The molecule has 1 aliphatic carbocycles. The number of aliphatic hydroxyl groups excluding tert-OH is 1. The highest BCUT2D eigenvalue weighted by Gasteiger charge is 2.40. The highest BCUT2D eigenvalue weighted by molar-refractivity contribution is 5.82. The molecule has 1 saturated carbocycles. The molecule has 3 fully saturated rings. The third kappa shape index (κ3) is 2.65. The standard InChI is InChI=1S/C15H26N2O2/c1-10-9-17(7-6-14(10)18)15(19)13-8-11-4-2-3-5-12(11)16-13/h10-14,16,18H,2-9H2,1H3. The molecule has 19 heavy (non-hydrogen) atoms. The lowest BCUT2D eigenvalue weighted by Crippen LogP contribution is -2.51. The Labute approximate surface area is 115 Å². The quantitative estimate of drug-likeness (QED) is 0.748. The van der Waals surface area contributed by atoms with Crippen molar-refractivity contribution < 1.29 is 9.90 Å². The Bertz CT molecular complexity index is 333. The second-order valence-corrected chi connectivity index (χ2v) is 6.72. The summed E-state index contributed by atoms with van der Waals surface area (Å²) in [6.45, 7) is 3.47. The third-order valence-electron chi connectivity index (χ3n) is 5.33. The van der Waals surface area contributed by atoms with E-state index in [1.807, 2.05) is 11.8 Å². The Morgan fingerprint density at radius 2 is 2.05 bits per heavy atom. The van der Waals surface area contributed by atoms with Gasteiger partial charge in [-0.05, 0) is 37.5 Å². The number of rotatable bonds is 1. The van der Waals surface area contributed by atoms with E-state index in [1.54, 1.807) is 0 Å². The Balaban J connectivity index is 1.59. The molecule has 2 aliphatic heterocycles. The van der Waals surface area contributed by atoms with Gasteiger partial charge < -0.3 is 15.3 Å². The molecule has 108 valence electrons. The van der Waals surface area contributed by atoms with Crippen LogP contribution in [0.5, 0.6) is 0 Å². The lowest BCUT2D eigenvalue weighted by atomic mass is 9.85. The van der Waals surface area contributed by atoms with E-state index in [9.17, 15) is 9.90 Å². The molecule has 2 saturated heterocycles. The molecule has 5 atom stereocenters. The van der Waals surface area contributed by atoms with Gasteiger partial charge in [0.05, 0.1) is 12.1 Å². The predicted octanol–water partition coefficient (Wildman–Crippen LogP) is 1.14. The van der Waals surface area contributed by atoms with Crippen LogP contribution in [-0.2, 0) is 4.79 Å². The van der Waals surface area contributed by atoms with Crippen molar-refractivity contribution in [2.45, 2.75) is 63.6 Å². The van der Waals surface area contributed by atoms with Crippen LogP contribution in [0.15, 0.2) is 0 Å². The van der Waals surface area contributed by atoms with Crippen molar-refractivity contribution in [1.29, 1.82) is 0 Å². The maximum absolute atomic E-state index is 12.6. The van der Waals surface area contributed by atoms with Crippen molar-refractivity contribution in [1.82, 2.24) is 10.2 Å². The topological polar surface area (TPSA) is 52.6 Å². The highest BCUT2D eigenvalue weighted by atomic mass is 16.3. The number of aliphatic hydroxyl groups is 1. The fourth-order valence-corrected chi connectivity index (χ4v) is 4.06. The lowest BCUT2D eigenvalue weighted by molar-refractivity contribution is -0.136. The Kier molecular flexibility index (Phi) is 3.81. The number of nitrogens with one attached hydrogen (secondary N) is 1. The molecule has 0 aromatic carbocycles. The van der Waals surface area contributed by atoms with Gasteiger partial charge >= 0.3 is 0 Å². The summed E-state index contributed by atoms with van der Waals surface area (Å²) < 4.78 is 0.